The SMILES string of the molecule is CC(C)Oc1ccccc1NCc1ccc(F)cc1. The number of halogens is 1. The second-order valence-electron chi connectivity index (χ2n) is 4.64. The van der Waals surface area contributed by atoms with Crippen LogP contribution in [0.3, 0.4) is 0 Å². The molecule has 2 nitrogen and oxygen atoms in total. The van der Waals surface area contributed by atoms with E-state index >= 15 is 0 Å². The molecular formula is C16H18FNO. The highest BCUT2D eigenvalue weighted by molar-refractivity contribution is 5.56. The van der Waals surface area contributed by atoms with Crippen molar-refractivity contribution in [1.82, 2.24) is 0 Å². The summed E-state index contributed by atoms with van der Waals surface area (Å²) in [6, 6.07) is 14.3. The van der Waals surface area contributed by atoms with Crippen LogP contribution in [0.15, 0.2) is 48.5 Å². The van der Waals surface area contributed by atoms with Gasteiger partial charge in [-0.25, -0.2) is 4.39 Å². The minimum absolute atomic E-state index is 0.133. The Kier molecular flexibility index (Phi) is 4.39. The highest BCUT2D eigenvalue weighted by Gasteiger charge is 2.04. The van der Waals surface area contributed by atoms with E-state index in [1.165, 1.54) is 12.1 Å². The second-order valence-corrected chi connectivity index (χ2v) is 4.64. The van der Waals surface area contributed by atoms with Crippen molar-refractivity contribution >= 4 is 5.69 Å². The van der Waals surface area contributed by atoms with Gasteiger partial charge in [0.2, 0.25) is 0 Å². The summed E-state index contributed by atoms with van der Waals surface area (Å²) in [4.78, 5) is 0. The Morgan fingerprint density at radius 2 is 1.74 bits per heavy atom. The predicted molar refractivity (Wildman–Crippen MR) is 75.9 cm³/mol. The molecule has 2 aromatic rings. The molecule has 2 aromatic carbocycles. The molecule has 0 aliphatic heterocycles. The monoisotopic (exact) mass is 259 g/mol. The molecule has 19 heavy (non-hydrogen) atoms. The molecule has 0 unspecified atom stereocenters. The Bertz CT molecular complexity index is 523. The van der Waals surface area contributed by atoms with Crippen molar-refractivity contribution in [3.05, 3.63) is 59.9 Å². The van der Waals surface area contributed by atoms with E-state index in [-0.39, 0.29) is 11.9 Å². The lowest BCUT2D eigenvalue weighted by molar-refractivity contribution is 0.243. The average Bonchev–Trinajstić information content (AvgIpc) is 2.39. The number of rotatable bonds is 5. The van der Waals surface area contributed by atoms with Crippen molar-refractivity contribution in [3.8, 4) is 5.75 Å². The third kappa shape index (κ3) is 3.98. The summed E-state index contributed by atoms with van der Waals surface area (Å²) in [6.45, 7) is 4.63. The molecule has 0 aliphatic carbocycles. The third-order valence-corrected chi connectivity index (χ3v) is 2.65. The summed E-state index contributed by atoms with van der Waals surface area (Å²) in [5.41, 5.74) is 1.97. The van der Waals surface area contributed by atoms with Gasteiger partial charge in [-0.3, -0.25) is 0 Å². The number of hydrogen-bond acceptors (Lipinski definition) is 2. The molecule has 100 valence electrons. The minimum atomic E-state index is -0.215. The summed E-state index contributed by atoms with van der Waals surface area (Å²) in [5.74, 6) is 0.618. The van der Waals surface area contributed by atoms with Crippen molar-refractivity contribution in [1.29, 1.82) is 0 Å². The zero-order chi connectivity index (χ0) is 13.7. The maximum Gasteiger partial charge on any atom is 0.142 e. The number of hydrogen-bond donors (Lipinski definition) is 1. The smallest absolute Gasteiger partial charge is 0.142 e. The Labute approximate surface area is 113 Å². The Morgan fingerprint density at radius 3 is 2.42 bits per heavy atom. The first-order valence-electron chi connectivity index (χ1n) is 6.39. The fraction of sp³-hybridized carbons (Fsp3) is 0.250. The summed E-state index contributed by atoms with van der Waals surface area (Å²) in [7, 11) is 0. The first-order valence-corrected chi connectivity index (χ1v) is 6.39. The van der Waals surface area contributed by atoms with Crippen LogP contribution in [0.4, 0.5) is 10.1 Å². The first-order chi connectivity index (χ1) is 9.15. The highest BCUT2D eigenvalue weighted by Crippen LogP contribution is 2.25. The molecule has 0 fully saturated rings. The van der Waals surface area contributed by atoms with Gasteiger partial charge in [-0.1, -0.05) is 24.3 Å². The molecule has 0 saturated carbocycles. The molecule has 0 bridgehead atoms. The molecule has 0 heterocycles. The normalized spacial score (nSPS) is 10.5. The zero-order valence-electron chi connectivity index (χ0n) is 11.2. The first kappa shape index (κ1) is 13.4. The van der Waals surface area contributed by atoms with Gasteiger partial charge in [0.15, 0.2) is 0 Å². The zero-order valence-corrected chi connectivity index (χ0v) is 11.2. The van der Waals surface area contributed by atoms with Gasteiger partial charge < -0.3 is 10.1 Å². The summed E-state index contributed by atoms with van der Waals surface area (Å²) < 4.78 is 18.5. The summed E-state index contributed by atoms with van der Waals surface area (Å²) >= 11 is 0. The van der Waals surface area contributed by atoms with Crippen LogP contribution in [0.25, 0.3) is 0 Å². The molecule has 2 rings (SSSR count). The largest absolute Gasteiger partial charge is 0.489 e. The van der Waals surface area contributed by atoms with Crippen LogP contribution in [0.5, 0.6) is 5.75 Å². The lowest BCUT2D eigenvalue weighted by Gasteiger charge is -2.15. The van der Waals surface area contributed by atoms with Crippen molar-refractivity contribution in [2.75, 3.05) is 5.32 Å². The van der Waals surface area contributed by atoms with Gasteiger partial charge in [0.05, 0.1) is 11.8 Å². The molecule has 0 aromatic heterocycles. The Balaban J connectivity index is 2.04. The van der Waals surface area contributed by atoms with Crippen molar-refractivity contribution < 1.29 is 9.13 Å². The van der Waals surface area contributed by atoms with Crippen LogP contribution in [-0.2, 0) is 6.54 Å². The second kappa shape index (κ2) is 6.23. The van der Waals surface area contributed by atoms with E-state index in [2.05, 4.69) is 5.32 Å². The van der Waals surface area contributed by atoms with E-state index in [9.17, 15) is 4.39 Å². The van der Waals surface area contributed by atoms with Crippen LogP contribution in [-0.4, -0.2) is 6.10 Å². The maximum absolute atomic E-state index is 12.8. The summed E-state index contributed by atoms with van der Waals surface area (Å²) in [5, 5.41) is 3.31. The van der Waals surface area contributed by atoms with Crippen LogP contribution in [0.2, 0.25) is 0 Å². The lowest BCUT2D eigenvalue weighted by atomic mass is 10.2. The number of nitrogens with one attached hydrogen (secondary N) is 1. The number of anilines is 1. The van der Waals surface area contributed by atoms with Crippen molar-refractivity contribution in [2.24, 2.45) is 0 Å². The predicted octanol–water partition coefficient (Wildman–Crippen LogP) is 4.23. The fourth-order valence-electron chi connectivity index (χ4n) is 1.77. The van der Waals surface area contributed by atoms with Gasteiger partial charge in [0, 0.05) is 6.54 Å². The van der Waals surface area contributed by atoms with E-state index < -0.39 is 0 Å². The van der Waals surface area contributed by atoms with Crippen LogP contribution in [0, 0.1) is 5.82 Å². The van der Waals surface area contributed by atoms with E-state index in [0.29, 0.717) is 6.54 Å². The Hall–Kier alpha value is -2.03. The molecule has 0 aliphatic rings. The van der Waals surface area contributed by atoms with Gasteiger partial charge in [0.1, 0.15) is 11.6 Å². The topological polar surface area (TPSA) is 21.3 Å². The maximum atomic E-state index is 12.8. The average molecular weight is 259 g/mol. The number of ether oxygens (including phenoxy) is 1. The molecule has 0 amide bonds. The van der Waals surface area contributed by atoms with Crippen LogP contribution in [0.1, 0.15) is 19.4 Å². The van der Waals surface area contributed by atoms with E-state index in [0.717, 1.165) is 17.0 Å². The molecular weight excluding hydrogens is 241 g/mol. The molecule has 0 radical (unpaired) electrons. The third-order valence-electron chi connectivity index (χ3n) is 2.65. The van der Waals surface area contributed by atoms with Gasteiger partial charge in [0.25, 0.3) is 0 Å². The van der Waals surface area contributed by atoms with Crippen LogP contribution >= 0.6 is 0 Å². The standard InChI is InChI=1S/C16H18FNO/c1-12(2)19-16-6-4-3-5-15(16)18-11-13-7-9-14(17)10-8-13/h3-10,12,18H,11H2,1-2H3. The van der Waals surface area contributed by atoms with Gasteiger partial charge in [-0.15, -0.1) is 0 Å². The van der Waals surface area contributed by atoms with Crippen molar-refractivity contribution in [3.63, 3.8) is 0 Å². The molecule has 0 saturated heterocycles. The molecule has 3 heteroatoms. The van der Waals surface area contributed by atoms with Crippen molar-refractivity contribution in [2.45, 2.75) is 26.5 Å². The molecule has 0 atom stereocenters. The fourth-order valence-corrected chi connectivity index (χ4v) is 1.77. The van der Waals surface area contributed by atoms with Gasteiger partial charge >= 0.3 is 0 Å². The number of benzene rings is 2. The van der Waals surface area contributed by atoms with Crippen LogP contribution < -0.4 is 10.1 Å². The lowest BCUT2D eigenvalue weighted by Crippen LogP contribution is -2.08. The van der Waals surface area contributed by atoms with E-state index in [1.807, 2.05) is 38.1 Å². The summed E-state index contributed by atoms with van der Waals surface area (Å²) in [6.07, 6.45) is 0.133. The molecule has 0 spiro atoms. The van der Waals surface area contributed by atoms with Gasteiger partial charge in [-0.05, 0) is 43.7 Å². The Morgan fingerprint density at radius 1 is 1.05 bits per heavy atom. The quantitative estimate of drug-likeness (QED) is 0.867. The number of para-hydroxylation sites is 2. The van der Waals surface area contributed by atoms with Gasteiger partial charge in [-0.2, -0.15) is 0 Å². The molecule has 1 N–H and O–H groups in total. The highest BCUT2D eigenvalue weighted by atomic mass is 19.1. The minimum Gasteiger partial charge on any atom is -0.489 e. The van der Waals surface area contributed by atoms with E-state index in [4.69, 9.17) is 4.74 Å². The van der Waals surface area contributed by atoms with E-state index in [1.54, 1.807) is 12.1 Å².